The number of benzene rings is 1. The number of rotatable bonds is 7. The fraction of sp³-hybridized carbons (Fsp3) is 0.261. The monoisotopic (exact) mass is 435 g/mol. The number of aryl methyl sites for hydroxylation is 1. The standard InChI is InChI=1S/C23H25N5O2S/c1-14-25-19(12-21(26-14)28(2)3)18(27-23(29)20-9-10-22(30-4)31-20)11-15-13-24-17-8-6-5-7-16(15)17/h5-10,12-13,18,24H,11H2,1-4H3,(H,27,29)/t18-/m1/s1. The lowest BCUT2D eigenvalue weighted by Gasteiger charge is -2.20. The van der Waals surface area contributed by atoms with Crippen molar-refractivity contribution in [2.75, 3.05) is 26.1 Å². The number of H-pyrrole nitrogens is 1. The summed E-state index contributed by atoms with van der Waals surface area (Å²) in [5.74, 6) is 1.32. The highest BCUT2D eigenvalue weighted by molar-refractivity contribution is 7.15. The van der Waals surface area contributed by atoms with Gasteiger partial charge in [0.1, 0.15) is 11.6 Å². The second kappa shape index (κ2) is 8.77. The smallest absolute Gasteiger partial charge is 0.262 e. The number of methoxy groups -OCH3 is 1. The quantitative estimate of drug-likeness (QED) is 0.456. The van der Waals surface area contributed by atoms with Gasteiger partial charge >= 0.3 is 0 Å². The van der Waals surface area contributed by atoms with Gasteiger partial charge in [0, 0.05) is 43.7 Å². The summed E-state index contributed by atoms with van der Waals surface area (Å²) < 4.78 is 5.23. The van der Waals surface area contributed by atoms with Gasteiger partial charge in [-0.2, -0.15) is 0 Å². The molecule has 7 nitrogen and oxygen atoms in total. The van der Waals surface area contributed by atoms with Crippen molar-refractivity contribution in [2.45, 2.75) is 19.4 Å². The molecule has 0 aliphatic rings. The van der Waals surface area contributed by atoms with E-state index in [1.165, 1.54) is 11.3 Å². The maximum Gasteiger partial charge on any atom is 0.262 e. The third-order valence-corrected chi connectivity index (χ3v) is 6.12. The van der Waals surface area contributed by atoms with Crippen molar-refractivity contribution in [1.82, 2.24) is 20.3 Å². The minimum atomic E-state index is -0.319. The molecular weight excluding hydrogens is 410 g/mol. The lowest BCUT2D eigenvalue weighted by molar-refractivity contribution is 0.0939. The Labute approximate surface area is 185 Å². The average Bonchev–Trinajstić information content (AvgIpc) is 3.40. The van der Waals surface area contributed by atoms with E-state index in [1.54, 1.807) is 19.2 Å². The van der Waals surface area contributed by atoms with Crippen molar-refractivity contribution in [3.63, 3.8) is 0 Å². The molecule has 0 radical (unpaired) electrons. The van der Waals surface area contributed by atoms with Crippen molar-refractivity contribution in [2.24, 2.45) is 0 Å². The lowest BCUT2D eigenvalue weighted by atomic mass is 10.0. The maximum absolute atomic E-state index is 13.0. The van der Waals surface area contributed by atoms with E-state index in [0.717, 1.165) is 28.0 Å². The number of anilines is 1. The van der Waals surface area contributed by atoms with Crippen LogP contribution in [0.5, 0.6) is 5.06 Å². The van der Waals surface area contributed by atoms with Crippen LogP contribution in [0.4, 0.5) is 5.82 Å². The van der Waals surface area contributed by atoms with E-state index in [2.05, 4.69) is 26.3 Å². The summed E-state index contributed by atoms with van der Waals surface area (Å²) >= 11 is 1.32. The first-order chi connectivity index (χ1) is 14.9. The predicted octanol–water partition coefficient (Wildman–Crippen LogP) is 4.12. The molecule has 0 spiro atoms. The van der Waals surface area contributed by atoms with Gasteiger partial charge in [0.2, 0.25) is 0 Å². The third kappa shape index (κ3) is 4.54. The molecule has 0 aliphatic carbocycles. The summed E-state index contributed by atoms with van der Waals surface area (Å²) in [6, 6.07) is 13.3. The molecule has 0 saturated carbocycles. The summed E-state index contributed by atoms with van der Waals surface area (Å²) in [4.78, 5) is 28.0. The van der Waals surface area contributed by atoms with Crippen LogP contribution in [0.3, 0.4) is 0 Å². The third-order valence-electron chi connectivity index (χ3n) is 5.07. The molecule has 1 atom stereocenters. The van der Waals surface area contributed by atoms with Crippen LogP contribution in [0.1, 0.15) is 32.8 Å². The zero-order valence-corrected chi connectivity index (χ0v) is 18.8. The number of hydrogen-bond acceptors (Lipinski definition) is 6. The minimum Gasteiger partial charge on any atom is -0.487 e. The number of nitrogens with zero attached hydrogens (tertiary/aromatic N) is 3. The molecule has 8 heteroatoms. The Kier molecular flexibility index (Phi) is 5.90. The number of aromatic nitrogens is 3. The van der Waals surface area contributed by atoms with Gasteiger partial charge in [-0.25, -0.2) is 9.97 Å². The van der Waals surface area contributed by atoms with Gasteiger partial charge in [0.05, 0.1) is 23.7 Å². The van der Waals surface area contributed by atoms with E-state index >= 15 is 0 Å². The van der Waals surface area contributed by atoms with Crippen LogP contribution >= 0.6 is 11.3 Å². The Morgan fingerprint density at radius 1 is 1.23 bits per heavy atom. The second-order valence-corrected chi connectivity index (χ2v) is 8.55. The average molecular weight is 436 g/mol. The van der Waals surface area contributed by atoms with E-state index in [1.807, 2.05) is 56.4 Å². The predicted molar refractivity (Wildman–Crippen MR) is 124 cm³/mol. The molecule has 4 rings (SSSR count). The Balaban J connectivity index is 1.70. The van der Waals surface area contributed by atoms with Gasteiger partial charge in [0.25, 0.3) is 5.91 Å². The van der Waals surface area contributed by atoms with E-state index in [-0.39, 0.29) is 11.9 Å². The number of para-hydroxylation sites is 1. The van der Waals surface area contributed by atoms with Gasteiger partial charge in [0.15, 0.2) is 5.06 Å². The molecule has 1 amide bonds. The maximum atomic E-state index is 13.0. The molecule has 0 aliphatic heterocycles. The molecule has 1 aromatic carbocycles. The number of fused-ring (bicyclic) bond motifs is 1. The van der Waals surface area contributed by atoms with Crippen LogP contribution in [0.25, 0.3) is 10.9 Å². The van der Waals surface area contributed by atoms with Gasteiger partial charge in [-0.1, -0.05) is 29.5 Å². The van der Waals surface area contributed by atoms with Gasteiger partial charge in [-0.15, -0.1) is 0 Å². The number of thiophene rings is 1. The van der Waals surface area contributed by atoms with Crippen LogP contribution in [-0.2, 0) is 6.42 Å². The molecule has 2 N–H and O–H groups in total. The normalized spacial score (nSPS) is 12.0. The molecule has 160 valence electrons. The molecule has 3 aromatic heterocycles. The summed E-state index contributed by atoms with van der Waals surface area (Å²) in [6.07, 6.45) is 2.60. The van der Waals surface area contributed by atoms with Crippen LogP contribution in [0.2, 0.25) is 0 Å². The Hall–Kier alpha value is -3.39. The van der Waals surface area contributed by atoms with E-state index in [4.69, 9.17) is 4.74 Å². The zero-order chi connectivity index (χ0) is 22.0. The molecule has 3 heterocycles. The first kappa shape index (κ1) is 20.9. The molecule has 4 aromatic rings. The lowest BCUT2D eigenvalue weighted by Crippen LogP contribution is -2.30. The summed E-state index contributed by atoms with van der Waals surface area (Å²) in [5, 5.41) is 5.01. The van der Waals surface area contributed by atoms with Crippen molar-refractivity contribution in [3.8, 4) is 5.06 Å². The highest BCUT2D eigenvalue weighted by atomic mass is 32.1. The number of nitrogens with one attached hydrogen (secondary N) is 2. The molecule has 31 heavy (non-hydrogen) atoms. The number of hydrogen-bond donors (Lipinski definition) is 2. The van der Waals surface area contributed by atoms with Crippen molar-refractivity contribution >= 4 is 34.0 Å². The zero-order valence-electron chi connectivity index (χ0n) is 18.0. The fourth-order valence-corrected chi connectivity index (χ4v) is 4.24. The molecule has 0 fully saturated rings. The number of ether oxygens (including phenoxy) is 1. The van der Waals surface area contributed by atoms with E-state index < -0.39 is 0 Å². The summed E-state index contributed by atoms with van der Waals surface area (Å²) in [6.45, 7) is 1.87. The first-order valence-electron chi connectivity index (χ1n) is 9.97. The van der Waals surface area contributed by atoms with Crippen LogP contribution in [0, 0.1) is 6.92 Å². The molecule has 0 saturated heterocycles. The molecule has 0 bridgehead atoms. The van der Waals surface area contributed by atoms with Gasteiger partial charge < -0.3 is 19.9 Å². The summed E-state index contributed by atoms with van der Waals surface area (Å²) in [7, 11) is 5.48. The van der Waals surface area contributed by atoms with Crippen molar-refractivity contribution < 1.29 is 9.53 Å². The van der Waals surface area contributed by atoms with Crippen molar-refractivity contribution in [3.05, 3.63) is 70.6 Å². The highest BCUT2D eigenvalue weighted by Crippen LogP contribution is 2.28. The van der Waals surface area contributed by atoms with E-state index in [0.29, 0.717) is 22.2 Å². The largest absolute Gasteiger partial charge is 0.487 e. The SMILES string of the molecule is COc1ccc(C(=O)N[C@H](Cc2c[nH]c3ccccc23)c2cc(N(C)C)nc(C)n2)s1. The van der Waals surface area contributed by atoms with E-state index in [9.17, 15) is 4.79 Å². The molecular formula is C23H25N5O2S. The number of amides is 1. The van der Waals surface area contributed by atoms with Crippen LogP contribution < -0.4 is 15.0 Å². The van der Waals surface area contributed by atoms with Gasteiger partial charge in [-0.05, 0) is 30.7 Å². The topological polar surface area (TPSA) is 83.1 Å². The fourth-order valence-electron chi connectivity index (χ4n) is 3.51. The first-order valence-corrected chi connectivity index (χ1v) is 10.8. The number of aromatic amines is 1. The Morgan fingerprint density at radius 3 is 2.77 bits per heavy atom. The second-order valence-electron chi connectivity index (χ2n) is 7.51. The Morgan fingerprint density at radius 2 is 2.03 bits per heavy atom. The minimum absolute atomic E-state index is 0.152. The molecule has 0 unspecified atom stereocenters. The number of carbonyl (C=O) groups excluding carboxylic acids is 1. The van der Waals surface area contributed by atoms with Crippen molar-refractivity contribution in [1.29, 1.82) is 0 Å². The van der Waals surface area contributed by atoms with Crippen LogP contribution in [-0.4, -0.2) is 42.1 Å². The number of carbonyl (C=O) groups is 1. The Bertz CT molecular complexity index is 1210. The van der Waals surface area contributed by atoms with Gasteiger partial charge in [-0.3, -0.25) is 4.79 Å². The van der Waals surface area contributed by atoms with Crippen LogP contribution in [0.15, 0.2) is 48.7 Å². The summed E-state index contributed by atoms with van der Waals surface area (Å²) in [5.41, 5.74) is 2.96. The highest BCUT2D eigenvalue weighted by Gasteiger charge is 2.22.